The van der Waals surface area contributed by atoms with E-state index in [1.807, 2.05) is 0 Å². The lowest BCUT2D eigenvalue weighted by Gasteiger charge is -2.30. The molecule has 2 heterocycles. The zero-order valence-corrected chi connectivity index (χ0v) is 23.1. The van der Waals surface area contributed by atoms with Gasteiger partial charge in [0.15, 0.2) is 18.4 Å². The summed E-state index contributed by atoms with van der Waals surface area (Å²) < 4.78 is 24.9. The molecule has 1 N–H and O–H groups in total. The fourth-order valence-electron chi connectivity index (χ4n) is 5.76. The van der Waals surface area contributed by atoms with Gasteiger partial charge in [-0.05, 0) is 76.2 Å². The second kappa shape index (κ2) is 17.6. The lowest BCUT2D eigenvalue weighted by Crippen LogP contribution is -2.31. The van der Waals surface area contributed by atoms with E-state index in [0.29, 0.717) is 18.7 Å². The highest BCUT2D eigenvalue weighted by molar-refractivity contribution is 6.17. The summed E-state index contributed by atoms with van der Waals surface area (Å²) in [5.74, 6) is 0.252. The van der Waals surface area contributed by atoms with Crippen LogP contribution in [0.25, 0.3) is 0 Å². The maximum absolute atomic E-state index is 12.6. The number of carbonyl (C=O) groups excluding carboxylic acids is 1. The Morgan fingerprint density at radius 1 is 0.838 bits per heavy atom. The molecule has 3 aliphatic rings. The molecule has 0 spiro atoms. The molecule has 0 radical (unpaired) electrons. The molecule has 1 aliphatic carbocycles. The molecule has 8 heteroatoms. The first-order chi connectivity index (χ1) is 18.1. The minimum absolute atomic E-state index is 0.00305. The van der Waals surface area contributed by atoms with Crippen molar-refractivity contribution in [2.75, 3.05) is 19.1 Å². The Morgan fingerprint density at radius 2 is 1.49 bits per heavy atom. The monoisotopic (exact) mass is 542 g/mol. The standard InChI is InChI=1S/C29H47ClO7/c30-18-8-5-11-22(31)16-17-24-23(12-3-1-2-4-13-27(32)33)25(36-28-14-6-9-19-34-28)21-26(24)37-29-15-7-10-20-35-29/h16-17,23-26,28-29H,1-15,18-21H2,(H,32,33)/t23-,24-,25+,26-,28?,29?/m0/s1. The summed E-state index contributed by atoms with van der Waals surface area (Å²) in [6.07, 6.45) is 17.2. The summed E-state index contributed by atoms with van der Waals surface area (Å²) in [7, 11) is 0. The number of carboxylic acid groups (broad SMARTS) is 1. The minimum atomic E-state index is -0.734. The molecule has 0 aromatic heterocycles. The molecule has 6 atom stereocenters. The first kappa shape index (κ1) is 30.6. The van der Waals surface area contributed by atoms with Gasteiger partial charge in [-0.2, -0.15) is 0 Å². The summed E-state index contributed by atoms with van der Waals surface area (Å²) in [5.41, 5.74) is 0. The van der Waals surface area contributed by atoms with Gasteiger partial charge in [-0.15, -0.1) is 11.6 Å². The van der Waals surface area contributed by atoms with Crippen LogP contribution >= 0.6 is 11.6 Å². The van der Waals surface area contributed by atoms with Crippen LogP contribution in [0, 0.1) is 11.8 Å². The van der Waals surface area contributed by atoms with Crippen LogP contribution in [-0.4, -0.2) is 60.7 Å². The number of hydrogen-bond donors (Lipinski definition) is 1. The van der Waals surface area contributed by atoms with Crippen LogP contribution in [-0.2, 0) is 28.5 Å². The minimum Gasteiger partial charge on any atom is -0.481 e. The summed E-state index contributed by atoms with van der Waals surface area (Å²) >= 11 is 5.78. The van der Waals surface area contributed by atoms with Crippen LogP contribution in [0.1, 0.15) is 103 Å². The molecule has 0 bridgehead atoms. The van der Waals surface area contributed by atoms with E-state index >= 15 is 0 Å². The third-order valence-corrected chi connectivity index (χ3v) is 8.05. The van der Waals surface area contributed by atoms with Crippen LogP contribution in [0.4, 0.5) is 0 Å². The van der Waals surface area contributed by atoms with Crippen LogP contribution in [0.15, 0.2) is 12.2 Å². The van der Waals surface area contributed by atoms with Crippen LogP contribution in [0.3, 0.4) is 0 Å². The van der Waals surface area contributed by atoms with E-state index in [0.717, 1.165) is 96.7 Å². The Kier molecular flexibility index (Phi) is 14.5. The Hall–Kier alpha value is -0.990. The number of rotatable bonds is 17. The van der Waals surface area contributed by atoms with Crippen molar-refractivity contribution in [2.45, 2.75) is 128 Å². The van der Waals surface area contributed by atoms with Crippen molar-refractivity contribution >= 4 is 23.4 Å². The van der Waals surface area contributed by atoms with Crippen molar-refractivity contribution in [1.82, 2.24) is 0 Å². The highest BCUT2D eigenvalue weighted by atomic mass is 35.5. The average Bonchev–Trinajstić information content (AvgIpc) is 3.21. The van der Waals surface area contributed by atoms with E-state index < -0.39 is 5.97 Å². The molecule has 2 aliphatic heterocycles. The first-order valence-corrected chi connectivity index (χ1v) is 15.1. The van der Waals surface area contributed by atoms with Gasteiger partial charge in [-0.25, -0.2) is 0 Å². The molecular weight excluding hydrogens is 496 g/mol. The second-order valence-corrected chi connectivity index (χ2v) is 11.1. The fraction of sp³-hybridized carbons (Fsp3) is 0.862. The predicted molar refractivity (Wildman–Crippen MR) is 143 cm³/mol. The molecule has 0 aromatic carbocycles. The number of unbranched alkanes of at least 4 members (excludes halogenated alkanes) is 4. The third-order valence-electron chi connectivity index (χ3n) is 7.78. The van der Waals surface area contributed by atoms with Gasteiger partial charge in [0.25, 0.3) is 0 Å². The quantitative estimate of drug-likeness (QED) is 0.129. The molecule has 37 heavy (non-hydrogen) atoms. The second-order valence-electron chi connectivity index (χ2n) is 10.7. The van der Waals surface area contributed by atoms with Gasteiger partial charge in [0.2, 0.25) is 0 Å². The lowest BCUT2D eigenvalue weighted by atomic mass is 9.87. The van der Waals surface area contributed by atoms with E-state index in [4.69, 9.17) is 35.7 Å². The first-order valence-electron chi connectivity index (χ1n) is 14.6. The summed E-state index contributed by atoms with van der Waals surface area (Å²) in [6, 6.07) is 0. The Morgan fingerprint density at radius 3 is 2.11 bits per heavy atom. The highest BCUT2D eigenvalue weighted by Gasteiger charge is 2.45. The Balaban J connectivity index is 1.68. The van der Waals surface area contributed by atoms with Gasteiger partial charge >= 0.3 is 5.97 Å². The van der Waals surface area contributed by atoms with E-state index in [9.17, 15) is 9.59 Å². The van der Waals surface area contributed by atoms with Crippen molar-refractivity contribution < 1.29 is 33.6 Å². The number of carboxylic acids is 1. The Bertz CT molecular complexity index is 688. The molecule has 212 valence electrons. The topological polar surface area (TPSA) is 91.3 Å². The average molecular weight is 543 g/mol. The van der Waals surface area contributed by atoms with Gasteiger partial charge in [-0.3, -0.25) is 9.59 Å². The van der Waals surface area contributed by atoms with Gasteiger partial charge in [0.1, 0.15) is 0 Å². The van der Waals surface area contributed by atoms with E-state index in [2.05, 4.69) is 6.08 Å². The number of hydrogen-bond acceptors (Lipinski definition) is 6. The third kappa shape index (κ3) is 11.3. The molecule has 0 amide bonds. The fourth-order valence-corrected chi connectivity index (χ4v) is 5.95. The number of alkyl halides is 1. The molecule has 3 fully saturated rings. The molecule has 2 saturated heterocycles. The van der Waals surface area contributed by atoms with Crippen molar-refractivity contribution in [3.8, 4) is 0 Å². The normalized spacial score (nSPS) is 30.6. The van der Waals surface area contributed by atoms with Crippen molar-refractivity contribution in [3.05, 3.63) is 12.2 Å². The molecule has 7 nitrogen and oxygen atoms in total. The molecule has 0 aromatic rings. The highest BCUT2D eigenvalue weighted by Crippen LogP contribution is 2.42. The SMILES string of the molecule is O=C(O)CCCCCC[C@H]1[C@H](C=CC(=O)CCCCCl)[C@@H](OC2CCCCO2)C[C@H]1OC1CCCCO1. The van der Waals surface area contributed by atoms with E-state index in [-0.39, 0.29) is 48.8 Å². The molecule has 1 saturated carbocycles. The summed E-state index contributed by atoms with van der Waals surface area (Å²) in [4.78, 5) is 23.4. The largest absolute Gasteiger partial charge is 0.481 e. The Labute approximate surface area is 227 Å². The van der Waals surface area contributed by atoms with E-state index in [1.54, 1.807) is 6.08 Å². The number of aliphatic carboxylic acids is 1. The maximum atomic E-state index is 12.6. The van der Waals surface area contributed by atoms with Crippen LogP contribution in [0.2, 0.25) is 0 Å². The van der Waals surface area contributed by atoms with Crippen molar-refractivity contribution in [3.63, 3.8) is 0 Å². The number of halogens is 1. The summed E-state index contributed by atoms with van der Waals surface area (Å²) in [5, 5.41) is 8.91. The number of ether oxygens (including phenoxy) is 4. The van der Waals surface area contributed by atoms with E-state index in [1.165, 1.54) is 0 Å². The van der Waals surface area contributed by atoms with Gasteiger partial charge in [0.05, 0.1) is 12.2 Å². The van der Waals surface area contributed by atoms with Crippen LogP contribution < -0.4 is 0 Å². The molecular formula is C29H47ClO7. The predicted octanol–water partition coefficient (Wildman–Crippen LogP) is 6.41. The van der Waals surface area contributed by atoms with Crippen molar-refractivity contribution in [2.24, 2.45) is 11.8 Å². The number of allylic oxidation sites excluding steroid dienone is 1. The lowest BCUT2D eigenvalue weighted by molar-refractivity contribution is -0.204. The maximum Gasteiger partial charge on any atom is 0.303 e. The van der Waals surface area contributed by atoms with Gasteiger partial charge in [0, 0.05) is 44.3 Å². The molecule has 3 rings (SSSR count). The van der Waals surface area contributed by atoms with Gasteiger partial charge < -0.3 is 24.1 Å². The van der Waals surface area contributed by atoms with Gasteiger partial charge in [-0.1, -0.05) is 25.3 Å². The number of ketones is 1. The zero-order chi connectivity index (χ0) is 26.3. The number of carbonyl (C=O) groups is 2. The van der Waals surface area contributed by atoms with Crippen LogP contribution in [0.5, 0.6) is 0 Å². The zero-order valence-electron chi connectivity index (χ0n) is 22.3. The summed E-state index contributed by atoms with van der Waals surface area (Å²) in [6.45, 7) is 1.47. The molecule has 2 unspecified atom stereocenters. The smallest absolute Gasteiger partial charge is 0.303 e. The van der Waals surface area contributed by atoms with Crippen molar-refractivity contribution in [1.29, 1.82) is 0 Å².